The van der Waals surface area contributed by atoms with Crippen LogP contribution in [0.1, 0.15) is 18.5 Å². The van der Waals surface area contributed by atoms with E-state index in [1.807, 2.05) is 16.9 Å². The molecule has 106 valence electrons. The largest absolute Gasteiger partial charge is 0.396 e. The molecule has 1 rings (SSSR count). The van der Waals surface area contributed by atoms with Crippen LogP contribution >= 0.6 is 10.0 Å². The number of aliphatic hydroxyl groups is 1. The number of hydrogen-bond donors (Lipinski definition) is 1. The van der Waals surface area contributed by atoms with E-state index in [1.165, 1.54) is 5.69 Å². The van der Waals surface area contributed by atoms with E-state index >= 15 is 0 Å². The molecule has 0 radical (unpaired) electrons. The number of aryl methyl sites for hydroxylation is 1. The molecule has 1 heterocycles. The maximum Gasteiger partial charge on any atom is 0.139 e. The molecular formula is C13H26N2O2S. The minimum atomic E-state index is -0.475. The zero-order valence-corrected chi connectivity index (χ0v) is 12.6. The van der Waals surface area contributed by atoms with Crippen molar-refractivity contribution in [2.24, 2.45) is 0 Å². The maximum atomic E-state index is 8.77. The molecule has 0 saturated heterocycles. The Morgan fingerprint density at radius 1 is 1.33 bits per heavy atom. The number of nitrogens with zero attached hydrogens (tertiary/aromatic N) is 2. The first kappa shape index (κ1) is 15.5. The van der Waals surface area contributed by atoms with Gasteiger partial charge < -0.3 is 9.84 Å². The molecule has 0 amide bonds. The zero-order valence-electron chi connectivity index (χ0n) is 11.8. The second-order valence-corrected chi connectivity index (χ2v) is 9.92. The van der Waals surface area contributed by atoms with Gasteiger partial charge in [0.15, 0.2) is 0 Å². The van der Waals surface area contributed by atoms with E-state index in [2.05, 4.69) is 23.9 Å². The third kappa shape index (κ3) is 6.42. The lowest BCUT2D eigenvalue weighted by molar-refractivity contribution is 0.0787. The number of rotatable bonds is 9. The highest BCUT2D eigenvalue weighted by Gasteiger charge is 2.05. The van der Waals surface area contributed by atoms with Crippen molar-refractivity contribution in [3.8, 4) is 0 Å². The summed E-state index contributed by atoms with van der Waals surface area (Å²) in [4.78, 5) is 0. The fraction of sp³-hybridized carbons (Fsp3) is 0.769. The maximum absolute atomic E-state index is 8.77. The Balaban J connectivity index is 2.27. The van der Waals surface area contributed by atoms with Gasteiger partial charge in [0.05, 0.1) is 6.61 Å². The smallest absolute Gasteiger partial charge is 0.139 e. The first-order valence-corrected chi connectivity index (χ1v) is 9.41. The molecule has 0 aliphatic heterocycles. The Hall–Kier alpha value is -0.520. The van der Waals surface area contributed by atoms with Gasteiger partial charge in [-0.15, -0.1) is 0 Å². The number of unbranched alkanes of at least 4 members (excludes halogenated alkanes) is 1. The van der Waals surface area contributed by atoms with E-state index < -0.39 is 10.0 Å². The quantitative estimate of drug-likeness (QED) is 0.699. The minimum Gasteiger partial charge on any atom is -0.396 e. The van der Waals surface area contributed by atoms with Gasteiger partial charge in [0.25, 0.3) is 0 Å². The van der Waals surface area contributed by atoms with Gasteiger partial charge in [0.1, 0.15) is 6.73 Å². The van der Waals surface area contributed by atoms with Crippen molar-refractivity contribution >= 4 is 10.0 Å². The zero-order chi connectivity index (χ0) is 13.4. The summed E-state index contributed by atoms with van der Waals surface area (Å²) in [6, 6.07) is 2.02. The molecule has 0 spiro atoms. The molecule has 0 aliphatic carbocycles. The van der Waals surface area contributed by atoms with Crippen molar-refractivity contribution in [2.45, 2.75) is 26.0 Å². The Labute approximate surface area is 112 Å². The van der Waals surface area contributed by atoms with Crippen LogP contribution in [0.2, 0.25) is 0 Å². The van der Waals surface area contributed by atoms with Gasteiger partial charge >= 0.3 is 0 Å². The molecule has 0 aromatic carbocycles. The molecule has 5 heteroatoms. The van der Waals surface area contributed by atoms with E-state index in [9.17, 15) is 0 Å². The summed E-state index contributed by atoms with van der Waals surface area (Å²) < 4.78 is 7.59. The molecule has 4 nitrogen and oxygen atoms in total. The predicted molar refractivity (Wildman–Crippen MR) is 78.4 cm³/mol. The summed E-state index contributed by atoms with van der Waals surface area (Å²) >= 11 is 0. The molecular weight excluding hydrogens is 248 g/mol. The van der Waals surface area contributed by atoms with Gasteiger partial charge in [-0.3, -0.25) is 0 Å². The number of hydrogen-bond acceptors (Lipinski definition) is 3. The SMILES string of the molecule is CS(C)(C)CCOCn1nccc1CCCCO. The van der Waals surface area contributed by atoms with Crippen molar-refractivity contribution in [1.82, 2.24) is 9.78 Å². The first-order chi connectivity index (χ1) is 8.53. The highest BCUT2D eigenvalue weighted by Crippen LogP contribution is 2.33. The molecule has 0 fully saturated rings. The number of aliphatic hydroxyl groups excluding tert-OH is 1. The van der Waals surface area contributed by atoms with Crippen LogP contribution in [0.15, 0.2) is 12.3 Å². The van der Waals surface area contributed by atoms with Crippen LogP contribution < -0.4 is 0 Å². The van der Waals surface area contributed by atoms with Gasteiger partial charge in [0.2, 0.25) is 0 Å². The van der Waals surface area contributed by atoms with Crippen molar-refractivity contribution in [3.63, 3.8) is 0 Å². The minimum absolute atomic E-state index is 0.263. The third-order valence-corrected chi connectivity index (χ3v) is 4.09. The molecule has 1 N–H and O–H groups in total. The second-order valence-electron chi connectivity index (χ2n) is 5.34. The Morgan fingerprint density at radius 3 is 2.78 bits per heavy atom. The average Bonchev–Trinajstić information content (AvgIpc) is 2.71. The van der Waals surface area contributed by atoms with Crippen LogP contribution in [0.3, 0.4) is 0 Å². The number of aromatic nitrogens is 2. The second kappa shape index (κ2) is 7.81. The van der Waals surface area contributed by atoms with Crippen molar-refractivity contribution in [3.05, 3.63) is 18.0 Å². The Morgan fingerprint density at radius 2 is 2.11 bits per heavy atom. The van der Waals surface area contributed by atoms with Crippen LogP contribution in [0.25, 0.3) is 0 Å². The molecule has 0 unspecified atom stereocenters. The summed E-state index contributed by atoms with van der Waals surface area (Å²) in [7, 11) is -0.475. The van der Waals surface area contributed by atoms with E-state index in [0.29, 0.717) is 6.73 Å². The third-order valence-electron chi connectivity index (χ3n) is 2.70. The van der Waals surface area contributed by atoms with Crippen LogP contribution in [-0.2, 0) is 17.9 Å². The molecule has 0 bridgehead atoms. The fourth-order valence-electron chi connectivity index (χ4n) is 1.57. The Kier molecular flexibility index (Phi) is 6.75. The molecule has 18 heavy (non-hydrogen) atoms. The number of ether oxygens (including phenoxy) is 1. The molecule has 0 aliphatic rings. The van der Waals surface area contributed by atoms with Gasteiger partial charge in [0, 0.05) is 24.3 Å². The van der Waals surface area contributed by atoms with Crippen LogP contribution in [-0.4, -0.2) is 52.6 Å². The van der Waals surface area contributed by atoms with E-state index in [-0.39, 0.29) is 6.61 Å². The molecule has 1 aromatic heterocycles. The summed E-state index contributed by atoms with van der Waals surface area (Å²) in [6.07, 6.45) is 11.5. The standard InChI is InChI=1S/C13H26N2O2S/c1-18(2,3)11-10-17-12-15-13(7-8-14-15)6-4-5-9-16/h7-8,16H,4-6,9-12H2,1-3H3. The lowest BCUT2D eigenvalue weighted by Crippen LogP contribution is -2.12. The van der Waals surface area contributed by atoms with Crippen molar-refractivity contribution in [2.75, 3.05) is 37.7 Å². The van der Waals surface area contributed by atoms with Gasteiger partial charge in [-0.25, -0.2) is 14.7 Å². The van der Waals surface area contributed by atoms with Crippen LogP contribution in [0.5, 0.6) is 0 Å². The van der Waals surface area contributed by atoms with Crippen LogP contribution in [0.4, 0.5) is 0 Å². The Bertz CT molecular complexity index is 334. The van der Waals surface area contributed by atoms with Crippen molar-refractivity contribution in [1.29, 1.82) is 0 Å². The molecule has 0 saturated carbocycles. The summed E-state index contributed by atoms with van der Waals surface area (Å²) in [5.41, 5.74) is 1.19. The normalized spacial score (nSPS) is 12.9. The highest BCUT2D eigenvalue weighted by molar-refractivity contribution is 8.32. The highest BCUT2D eigenvalue weighted by atomic mass is 32.3. The van der Waals surface area contributed by atoms with Gasteiger partial charge in [-0.2, -0.15) is 5.10 Å². The van der Waals surface area contributed by atoms with E-state index in [1.54, 1.807) is 0 Å². The fourth-order valence-corrected chi connectivity index (χ4v) is 2.18. The average molecular weight is 274 g/mol. The summed E-state index contributed by atoms with van der Waals surface area (Å²) in [5.74, 6) is 1.13. The topological polar surface area (TPSA) is 47.3 Å². The molecule has 0 atom stereocenters. The lowest BCUT2D eigenvalue weighted by Gasteiger charge is -2.24. The van der Waals surface area contributed by atoms with Gasteiger partial charge in [-0.05, 0) is 44.1 Å². The first-order valence-electron chi connectivity index (χ1n) is 6.38. The van der Waals surface area contributed by atoms with E-state index in [4.69, 9.17) is 9.84 Å². The van der Waals surface area contributed by atoms with Crippen molar-refractivity contribution < 1.29 is 9.84 Å². The summed E-state index contributed by atoms with van der Waals surface area (Å²) in [5, 5.41) is 13.0. The molecule has 1 aromatic rings. The predicted octanol–water partition coefficient (Wildman–Crippen LogP) is 1.87. The summed E-state index contributed by atoms with van der Waals surface area (Å²) in [6.45, 7) is 1.60. The lowest BCUT2D eigenvalue weighted by atomic mass is 10.2. The van der Waals surface area contributed by atoms with Gasteiger partial charge in [-0.1, -0.05) is 0 Å². The van der Waals surface area contributed by atoms with E-state index in [0.717, 1.165) is 31.6 Å². The monoisotopic (exact) mass is 274 g/mol. The van der Waals surface area contributed by atoms with Crippen LogP contribution in [0, 0.1) is 0 Å².